The summed E-state index contributed by atoms with van der Waals surface area (Å²) in [5.74, 6) is 6.30. The molecule has 1 fully saturated rings. The molecule has 0 atom stereocenters. The van der Waals surface area contributed by atoms with Crippen LogP contribution < -0.4 is 15.9 Å². The minimum atomic E-state index is -0.763. The third kappa shape index (κ3) is 4.92. The number of hydrogen-bond acceptors (Lipinski definition) is 7. The molecule has 1 saturated carbocycles. The number of nitrogens with one attached hydrogen (secondary N) is 1. The van der Waals surface area contributed by atoms with Crippen LogP contribution in [0.5, 0.6) is 5.75 Å². The highest BCUT2D eigenvalue weighted by Gasteiger charge is 2.33. The highest BCUT2D eigenvalue weighted by atomic mass is 32.2. The zero-order valence-corrected chi connectivity index (χ0v) is 16.0. The van der Waals surface area contributed by atoms with E-state index in [0.29, 0.717) is 29.6 Å². The van der Waals surface area contributed by atoms with Crippen LogP contribution in [0.3, 0.4) is 0 Å². The lowest BCUT2D eigenvalue weighted by Crippen LogP contribution is -2.49. The van der Waals surface area contributed by atoms with Crippen molar-refractivity contribution in [3.8, 4) is 11.8 Å². The van der Waals surface area contributed by atoms with Gasteiger partial charge in [0.1, 0.15) is 23.7 Å². The summed E-state index contributed by atoms with van der Waals surface area (Å²) >= 11 is 1.14. The summed E-state index contributed by atoms with van der Waals surface area (Å²) in [7, 11) is 0. The molecule has 3 rings (SSSR count). The van der Waals surface area contributed by atoms with Gasteiger partial charge in [-0.05, 0) is 37.1 Å². The fraction of sp³-hybridized carbons (Fsp3) is 0.444. The fourth-order valence-electron chi connectivity index (χ4n) is 3.04. The zero-order chi connectivity index (χ0) is 20.0. The molecule has 3 N–H and O–H groups in total. The van der Waals surface area contributed by atoms with Gasteiger partial charge >= 0.3 is 0 Å². The van der Waals surface area contributed by atoms with Gasteiger partial charge in [-0.3, -0.25) is 4.79 Å². The summed E-state index contributed by atoms with van der Waals surface area (Å²) in [5, 5.41) is 20.6. The number of halogens is 1. The van der Waals surface area contributed by atoms with Gasteiger partial charge in [-0.15, -0.1) is 10.2 Å². The van der Waals surface area contributed by atoms with Crippen molar-refractivity contribution in [3.05, 3.63) is 35.9 Å². The minimum Gasteiger partial charge on any atom is -0.486 e. The molecule has 148 valence electrons. The standard InChI is InChI=1S/C18H21FN6O2S/c19-13-4-6-14(7-5-13)27-10-15-23-24-17(25(15)21)28-11-16(26)22-18(12-20)8-2-1-3-9-18/h4-7H,1-3,8-11,21H2,(H,22,26). The van der Waals surface area contributed by atoms with Crippen molar-refractivity contribution in [1.82, 2.24) is 20.2 Å². The van der Waals surface area contributed by atoms with E-state index in [2.05, 4.69) is 21.6 Å². The van der Waals surface area contributed by atoms with Crippen LogP contribution in [0.1, 0.15) is 37.9 Å². The Morgan fingerprint density at radius 2 is 2.04 bits per heavy atom. The second-order valence-corrected chi connectivity index (χ2v) is 7.55. The smallest absolute Gasteiger partial charge is 0.231 e. The molecule has 0 aliphatic heterocycles. The molecule has 10 heteroatoms. The number of amides is 1. The predicted octanol–water partition coefficient (Wildman–Crippen LogP) is 2.14. The van der Waals surface area contributed by atoms with E-state index < -0.39 is 5.54 Å². The summed E-state index contributed by atoms with van der Waals surface area (Å²) in [4.78, 5) is 12.3. The van der Waals surface area contributed by atoms with Crippen LogP contribution in [0.2, 0.25) is 0 Å². The van der Waals surface area contributed by atoms with Crippen molar-refractivity contribution in [3.63, 3.8) is 0 Å². The highest BCUT2D eigenvalue weighted by Crippen LogP contribution is 2.28. The number of benzene rings is 1. The van der Waals surface area contributed by atoms with E-state index >= 15 is 0 Å². The number of carbonyl (C=O) groups excluding carboxylic acids is 1. The van der Waals surface area contributed by atoms with E-state index in [9.17, 15) is 14.4 Å². The normalized spacial score (nSPS) is 15.6. The second kappa shape index (κ2) is 8.93. The second-order valence-electron chi connectivity index (χ2n) is 6.60. The maximum absolute atomic E-state index is 12.9. The molecule has 1 aromatic heterocycles. The summed E-state index contributed by atoms with van der Waals surface area (Å²) in [6, 6.07) is 7.85. The molecular weight excluding hydrogens is 383 g/mol. The van der Waals surface area contributed by atoms with E-state index in [1.165, 1.54) is 28.9 Å². The number of thioether (sulfide) groups is 1. The van der Waals surface area contributed by atoms with Crippen LogP contribution >= 0.6 is 11.8 Å². The van der Waals surface area contributed by atoms with Gasteiger partial charge < -0.3 is 15.9 Å². The molecular formula is C18H21FN6O2S. The zero-order valence-electron chi connectivity index (χ0n) is 15.2. The minimum absolute atomic E-state index is 0.0550. The van der Waals surface area contributed by atoms with Crippen molar-refractivity contribution in [2.24, 2.45) is 0 Å². The number of ether oxygens (including phenoxy) is 1. The number of nitriles is 1. The van der Waals surface area contributed by atoms with Crippen LogP contribution in [-0.4, -0.2) is 32.1 Å². The Bertz CT molecular complexity index is 858. The van der Waals surface area contributed by atoms with Crippen molar-refractivity contribution < 1.29 is 13.9 Å². The van der Waals surface area contributed by atoms with E-state index in [-0.39, 0.29) is 24.1 Å². The first-order chi connectivity index (χ1) is 13.5. The van der Waals surface area contributed by atoms with Crippen molar-refractivity contribution in [2.75, 3.05) is 11.6 Å². The Balaban J connectivity index is 1.51. The maximum atomic E-state index is 12.9. The Morgan fingerprint density at radius 3 is 2.71 bits per heavy atom. The van der Waals surface area contributed by atoms with Crippen LogP contribution in [0.15, 0.2) is 29.4 Å². The van der Waals surface area contributed by atoms with Crippen LogP contribution in [0, 0.1) is 17.1 Å². The molecule has 1 aliphatic carbocycles. The molecule has 2 aromatic rings. The number of nitrogens with two attached hydrogens (primary N) is 1. The first-order valence-corrected chi connectivity index (χ1v) is 9.93. The van der Waals surface area contributed by atoms with E-state index in [1.807, 2.05) is 0 Å². The van der Waals surface area contributed by atoms with Crippen molar-refractivity contribution in [1.29, 1.82) is 5.26 Å². The molecule has 0 unspecified atom stereocenters. The molecule has 0 bridgehead atoms. The lowest BCUT2D eigenvalue weighted by Gasteiger charge is -2.31. The fourth-order valence-corrected chi connectivity index (χ4v) is 3.71. The number of hydrogen-bond donors (Lipinski definition) is 2. The lowest BCUT2D eigenvalue weighted by molar-refractivity contribution is -0.120. The summed E-state index contributed by atoms with van der Waals surface area (Å²) in [5.41, 5.74) is -0.763. The Hall–Kier alpha value is -2.80. The van der Waals surface area contributed by atoms with Crippen LogP contribution in [0.4, 0.5) is 4.39 Å². The van der Waals surface area contributed by atoms with E-state index in [0.717, 1.165) is 31.0 Å². The average molecular weight is 404 g/mol. The van der Waals surface area contributed by atoms with Gasteiger partial charge in [0.25, 0.3) is 0 Å². The molecule has 28 heavy (non-hydrogen) atoms. The SMILES string of the molecule is N#CC1(NC(=O)CSc2nnc(COc3ccc(F)cc3)n2N)CCCCC1. The predicted molar refractivity (Wildman–Crippen MR) is 101 cm³/mol. The molecule has 1 amide bonds. The van der Waals surface area contributed by atoms with Crippen molar-refractivity contribution >= 4 is 17.7 Å². The summed E-state index contributed by atoms with van der Waals surface area (Å²) < 4.78 is 19.7. The van der Waals surface area contributed by atoms with Gasteiger partial charge in [0, 0.05) is 0 Å². The molecule has 1 aromatic carbocycles. The first kappa shape index (κ1) is 19.9. The topological polar surface area (TPSA) is 119 Å². The Labute approximate surface area is 166 Å². The molecule has 0 spiro atoms. The van der Waals surface area contributed by atoms with Gasteiger partial charge in [-0.1, -0.05) is 31.0 Å². The quantitative estimate of drug-likeness (QED) is 0.536. The number of carbonyl (C=O) groups is 1. The average Bonchev–Trinajstić information content (AvgIpc) is 3.06. The third-order valence-corrected chi connectivity index (χ3v) is 5.49. The maximum Gasteiger partial charge on any atom is 0.231 e. The molecule has 1 aliphatic rings. The Morgan fingerprint density at radius 1 is 1.32 bits per heavy atom. The third-order valence-electron chi connectivity index (χ3n) is 4.55. The molecule has 0 saturated heterocycles. The van der Waals surface area contributed by atoms with Gasteiger partial charge in [0.05, 0.1) is 11.8 Å². The van der Waals surface area contributed by atoms with Gasteiger partial charge in [-0.25, -0.2) is 9.07 Å². The monoisotopic (exact) mass is 404 g/mol. The van der Waals surface area contributed by atoms with E-state index in [4.69, 9.17) is 10.6 Å². The number of nitrogen functional groups attached to an aromatic ring is 1. The van der Waals surface area contributed by atoms with Gasteiger partial charge in [0.15, 0.2) is 5.82 Å². The summed E-state index contributed by atoms with van der Waals surface area (Å²) in [6.45, 7) is 0.0550. The van der Waals surface area contributed by atoms with Gasteiger partial charge in [0.2, 0.25) is 11.1 Å². The largest absolute Gasteiger partial charge is 0.486 e. The van der Waals surface area contributed by atoms with E-state index in [1.54, 1.807) is 0 Å². The summed E-state index contributed by atoms with van der Waals surface area (Å²) in [6.07, 6.45) is 4.33. The highest BCUT2D eigenvalue weighted by molar-refractivity contribution is 7.99. The van der Waals surface area contributed by atoms with Crippen LogP contribution in [-0.2, 0) is 11.4 Å². The Kier molecular flexibility index (Phi) is 6.36. The molecule has 0 radical (unpaired) electrons. The van der Waals surface area contributed by atoms with Crippen molar-refractivity contribution in [2.45, 2.75) is 49.4 Å². The number of nitrogens with zero attached hydrogens (tertiary/aromatic N) is 4. The molecule has 1 heterocycles. The number of aromatic nitrogens is 3. The number of rotatable bonds is 7. The lowest BCUT2D eigenvalue weighted by atomic mass is 9.83. The van der Waals surface area contributed by atoms with Crippen LogP contribution in [0.25, 0.3) is 0 Å². The first-order valence-electron chi connectivity index (χ1n) is 8.94. The molecule has 8 nitrogen and oxygen atoms in total. The van der Waals surface area contributed by atoms with Gasteiger partial charge in [-0.2, -0.15) is 5.26 Å².